The van der Waals surface area contributed by atoms with E-state index in [1.54, 1.807) is 67.0 Å². The van der Waals surface area contributed by atoms with Crippen LogP contribution in [0.4, 0.5) is 0 Å². The van der Waals surface area contributed by atoms with Gasteiger partial charge in [-0.25, -0.2) is 0 Å². The quantitative estimate of drug-likeness (QED) is 0.281. The molecule has 34 heavy (non-hydrogen) atoms. The van der Waals surface area contributed by atoms with Crippen molar-refractivity contribution in [3.63, 3.8) is 0 Å². The molecular formula is C27H25ClN2O4. The SMILES string of the molecule is CC(C)COc1ccc(/C(O)=C2/C(=O)C(=O)N(Cc3cccnc3)C2c2ccc(Cl)cc2)cc1. The van der Waals surface area contributed by atoms with Crippen LogP contribution in [0.25, 0.3) is 5.76 Å². The van der Waals surface area contributed by atoms with E-state index in [9.17, 15) is 14.7 Å². The summed E-state index contributed by atoms with van der Waals surface area (Å²) in [6, 6.07) is 16.6. The van der Waals surface area contributed by atoms with Gasteiger partial charge in [-0.1, -0.05) is 43.6 Å². The Morgan fingerprint density at radius 3 is 2.41 bits per heavy atom. The lowest BCUT2D eigenvalue weighted by Gasteiger charge is -2.25. The van der Waals surface area contributed by atoms with Crippen LogP contribution in [-0.4, -0.2) is 33.3 Å². The molecule has 7 heteroatoms. The Morgan fingerprint density at radius 1 is 1.09 bits per heavy atom. The molecular weight excluding hydrogens is 452 g/mol. The number of carbonyl (C=O) groups is 2. The molecule has 1 unspecified atom stereocenters. The zero-order valence-electron chi connectivity index (χ0n) is 18.9. The average molecular weight is 477 g/mol. The zero-order valence-corrected chi connectivity index (χ0v) is 19.7. The number of aliphatic hydroxyl groups excluding tert-OH is 1. The van der Waals surface area contributed by atoms with E-state index in [1.807, 2.05) is 6.07 Å². The van der Waals surface area contributed by atoms with Gasteiger partial charge in [0.05, 0.1) is 18.2 Å². The number of likely N-dealkylation sites (tertiary alicyclic amines) is 1. The summed E-state index contributed by atoms with van der Waals surface area (Å²) in [5.74, 6) is -0.606. The maximum atomic E-state index is 13.1. The number of nitrogens with zero attached hydrogens (tertiary/aromatic N) is 2. The first kappa shape index (κ1) is 23.5. The van der Waals surface area contributed by atoms with E-state index in [1.165, 1.54) is 4.90 Å². The monoisotopic (exact) mass is 476 g/mol. The number of rotatable bonds is 7. The third-order valence-corrected chi connectivity index (χ3v) is 5.76. The molecule has 1 atom stereocenters. The fraction of sp³-hybridized carbons (Fsp3) is 0.222. The van der Waals surface area contributed by atoms with Crippen LogP contribution in [-0.2, 0) is 16.1 Å². The molecule has 0 radical (unpaired) electrons. The van der Waals surface area contributed by atoms with Crippen LogP contribution in [0.2, 0.25) is 5.02 Å². The Hall–Kier alpha value is -3.64. The molecule has 1 fully saturated rings. The largest absolute Gasteiger partial charge is 0.507 e. The minimum Gasteiger partial charge on any atom is -0.507 e. The maximum Gasteiger partial charge on any atom is 0.295 e. The molecule has 4 rings (SSSR count). The van der Waals surface area contributed by atoms with E-state index in [0.29, 0.717) is 34.4 Å². The van der Waals surface area contributed by atoms with Gasteiger partial charge in [0.25, 0.3) is 11.7 Å². The van der Waals surface area contributed by atoms with Gasteiger partial charge in [-0.15, -0.1) is 0 Å². The molecule has 1 aliphatic heterocycles. The Morgan fingerprint density at radius 2 is 1.79 bits per heavy atom. The minimum atomic E-state index is -0.769. The third-order valence-electron chi connectivity index (χ3n) is 5.51. The van der Waals surface area contributed by atoms with Crippen molar-refractivity contribution in [2.45, 2.75) is 26.4 Å². The van der Waals surface area contributed by atoms with Gasteiger partial charge in [-0.05, 0) is 59.5 Å². The van der Waals surface area contributed by atoms with E-state index < -0.39 is 17.7 Å². The number of Topliss-reactive ketones (excluding diaryl/α,β-unsaturated/α-hetero) is 1. The van der Waals surface area contributed by atoms with Gasteiger partial charge in [0, 0.05) is 29.5 Å². The molecule has 2 heterocycles. The van der Waals surface area contributed by atoms with E-state index in [0.717, 1.165) is 5.56 Å². The number of pyridine rings is 1. The van der Waals surface area contributed by atoms with Gasteiger partial charge in [0.15, 0.2) is 0 Å². The molecule has 0 aliphatic carbocycles. The van der Waals surface area contributed by atoms with Crippen molar-refractivity contribution in [1.82, 2.24) is 9.88 Å². The number of hydrogen-bond acceptors (Lipinski definition) is 5. The van der Waals surface area contributed by atoms with Crippen LogP contribution in [0, 0.1) is 5.92 Å². The number of carbonyl (C=O) groups excluding carboxylic acids is 2. The Labute approximate surface area is 203 Å². The second-order valence-electron chi connectivity index (χ2n) is 8.57. The molecule has 0 spiro atoms. The first-order chi connectivity index (χ1) is 16.3. The number of hydrogen-bond donors (Lipinski definition) is 1. The van der Waals surface area contributed by atoms with E-state index >= 15 is 0 Å². The summed E-state index contributed by atoms with van der Waals surface area (Å²) < 4.78 is 5.71. The van der Waals surface area contributed by atoms with Gasteiger partial charge < -0.3 is 14.7 Å². The Kier molecular flexibility index (Phi) is 6.98. The van der Waals surface area contributed by atoms with Crippen LogP contribution in [0.5, 0.6) is 5.75 Å². The second-order valence-corrected chi connectivity index (χ2v) is 9.01. The highest BCUT2D eigenvalue weighted by atomic mass is 35.5. The first-order valence-corrected chi connectivity index (χ1v) is 11.4. The normalized spacial score (nSPS) is 17.4. The zero-order chi connectivity index (χ0) is 24.2. The summed E-state index contributed by atoms with van der Waals surface area (Å²) in [6.45, 7) is 4.86. The summed E-state index contributed by atoms with van der Waals surface area (Å²) >= 11 is 6.07. The summed E-state index contributed by atoms with van der Waals surface area (Å²) in [7, 11) is 0. The summed E-state index contributed by atoms with van der Waals surface area (Å²) in [5.41, 5.74) is 1.91. The third kappa shape index (κ3) is 4.97. The number of halogens is 1. The van der Waals surface area contributed by atoms with Gasteiger partial charge in [0.1, 0.15) is 11.5 Å². The molecule has 1 aliphatic rings. The molecule has 1 amide bonds. The van der Waals surface area contributed by atoms with Crippen molar-refractivity contribution in [2.75, 3.05) is 6.61 Å². The summed E-state index contributed by atoms with van der Waals surface area (Å²) in [5, 5.41) is 11.7. The smallest absolute Gasteiger partial charge is 0.295 e. The Balaban J connectivity index is 1.75. The van der Waals surface area contributed by atoms with E-state index in [4.69, 9.17) is 16.3 Å². The standard InChI is InChI=1S/C27H25ClN2O4/c1-17(2)16-34-22-11-7-20(8-12-22)25(31)23-24(19-5-9-21(28)10-6-19)30(27(33)26(23)32)15-18-4-3-13-29-14-18/h3-14,17,24,31H,15-16H2,1-2H3/b25-23-. The highest BCUT2D eigenvalue weighted by Crippen LogP contribution is 2.40. The van der Waals surface area contributed by atoms with Crippen molar-refractivity contribution in [2.24, 2.45) is 5.92 Å². The lowest BCUT2D eigenvalue weighted by atomic mass is 9.95. The van der Waals surface area contributed by atoms with Crippen molar-refractivity contribution in [3.05, 3.63) is 100 Å². The van der Waals surface area contributed by atoms with Gasteiger partial charge >= 0.3 is 0 Å². The second kappa shape index (κ2) is 10.1. The number of aromatic nitrogens is 1. The predicted octanol–water partition coefficient (Wildman–Crippen LogP) is 5.39. The first-order valence-electron chi connectivity index (χ1n) is 11.0. The van der Waals surface area contributed by atoms with Crippen molar-refractivity contribution in [3.8, 4) is 5.75 Å². The van der Waals surface area contributed by atoms with Crippen LogP contribution in [0.15, 0.2) is 78.6 Å². The van der Waals surface area contributed by atoms with Crippen molar-refractivity contribution < 1.29 is 19.4 Å². The highest BCUT2D eigenvalue weighted by molar-refractivity contribution is 6.46. The average Bonchev–Trinajstić information content (AvgIpc) is 3.08. The number of benzene rings is 2. The Bertz CT molecular complexity index is 1210. The molecule has 1 saturated heterocycles. The van der Waals surface area contributed by atoms with Gasteiger partial charge in [-0.2, -0.15) is 0 Å². The van der Waals surface area contributed by atoms with E-state index in [-0.39, 0.29) is 17.9 Å². The van der Waals surface area contributed by atoms with Crippen molar-refractivity contribution >= 4 is 29.1 Å². The fourth-order valence-corrected chi connectivity index (χ4v) is 3.98. The molecule has 0 saturated carbocycles. The number of ketones is 1. The number of ether oxygens (including phenoxy) is 1. The summed E-state index contributed by atoms with van der Waals surface area (Å²) in [6.07, 6.45) is 3.29. The van der Waals surface area contributed by atoms with Gasteiger partial charge in [-0.3, -0.25) is 14.6 Å². The van der Waals surface area contributed by atoms with Crippen molar-refractivity contribution in [1.29, 1.82) is 0 Å². The molecule has 1 N–H and O–H groups in total. The summed E-state index contributed by atoms with van der Waals surface area (Å²) in [4.78, 5) is 31.8. The molecule has 6 nitrogen and oxygen atoms in total. The number of amides is 1. The minimum absolute atomic E-state index is 0.0343. The molecule has 2 aromatic carbocycles. The van der Waals surface area contributed by atoms with Crippen LogP contribution >= 0.6 is 11.6 Å². The molecule has 3 aromatic rings. The van der Waals surface area contributed by atoms with E-state index in [2.05, 4.69) is 18.8 Å². The predicted molar refractivity (Wildman–Crippen MR) is 130 cm³/mol. The van der Waals surface area contributed by atoms with Crippen LogP contribution in [0.3, 0.4) is 0 Å². The topological polar surface area (TPSA) is 79.7 Å². The molecule has 174 valence electrons. The molecule has 0 bridgehead atoms. The maximum absolute atomic E-state index is 13.1. The highest BCUT2D eigenvalue weighted by Gasteiger charge is 2.46. The lowest BCUT2D eigenvalue weighted by molar-refractivity contribution is -0.140. The lowest BCUT2D eigenvalue weighted by Crippen LogP contribution is -2.29. The van der Waals surface area contributed by atoms with Crippen LogP contribution < -0.4 is 4.74 Å². The number of aliphatic hydroxyl groups is 1. The molecule has 1 aromatic heterocycles. The van der Waals surface area contributed by atoms with Gasteiger partial charge in [0.2, 0.25) is 0 Å². The fourth-order valence-electron chi connectivity index (χ4n) is 3.85. The van der Waals surface area contributed by atoms with Crippen LogP contribution in [0.1, 0.15) is 36.6 Å².